The highest BCUT2D eigenvalue weighted by atomic mass is 19.1. The second kappa shape index (κ2) is 7.87. The molecule has 0 spiro atoms. The summed E-state index contributed by atoms with van der Waals surface area (Å²) in [6, 6.07) is 6.52. The Morgan fingerprint density at radius 1 is 1.00 bits per heavy atom. The Bertz CT molecular complexity index is 1600. The minimum absolute atomic E-state index is 0.0259. The SMILES string of the molecule is C#Cc1c(F)ccc2cc(O)cc(-c3ncc4c(N5CC6CCC(C5)N6)ncc(C5CC5)c4c3F)c12. The van der Waals surface area contributed by atoms with Crippen molar-refractivity contribution in [3.8, 4) is 29.4 Å². The number of hydrogen-bond acceptors (Lipinski definition) is 5. The van der Waals surface area contributed by atoms with Gasteiger partial charge in [0, 0.05) is 59.3 Å². The second-order valence-corrected chi connectivity index (χ2v) is 10.2. The number of hydrogen-bond donors (Lipinski definition) is 2. The predicted octanol–water partition coefficient (Wildman–Crippen LogP) is 5.23. The highest BCUT2D eigenvalue weighted by Crippen LogP contribution is 2.46. The summed E-state index contributed by atoms with van der Waals surface area (Å²) in [5.41, 5.74) is 1.22. The molecule has 2 saturated heterocycles. The van der Waals surface area contributed by atoms with Crippen LogP contribution in [0.2, 0.25) is 0 Å². The molecule has 3 fully saturated rings. The number of pyridine rings is 2. The number of nitrogens with zero attached hydrogens (tertiary/aromatic N) is 3. The van der Waals surface area contributed by atoms with Gasteiger partial charge in [-0.05, 0) is 60.7 Å². The molecule has 1 aliphatic carbocycles. The topological polar surface area (TPSA) is 61.3 Å². The standard InChI is InChI=1S/C29H24F2N4O/c1-2-20-24(30)8-5-16-9-19(36)10-21(25(16)20)28-27(31)26-22(15-3-4-15)11-33-29(23(26)12-32-28)35-13-17-6-7-18(14-35)34-17/h1,5,8-12,15,17-18,34,36H,3-4,6-7,13-14H2. The molecule has 4 aromatic rings. The van der Waals surface area contributed by atoms with E-state index in [0.717, 1.165) is 50.2 Å². The van der Waals surface area contributed by atoms with E-state index >= 15 is 4.39 Å². The maximum atomic E-state index is 16.6. The first kappa shape index (κ1) is 21.5. The minimum atomic E-state index is -0.573. The Kier molecular flexibility index (Phi) is 4.71. The van der Waals surface area contributed by atoms with Gasteiger partial charge >= 0.3 is 0 Å². The molecule has 7 rings (SSSR count). The maximum absolute atomic E-state index is 16.6. The van der Waals surface area contributed by atoms with Crippen LogP contribution in [0.5, 0.6) is 5.75 Å². The van der Waals surface area contributed by atoms with Crippen molar-refractivity contribution in [3.05, 3.63) is 59.4 Å². The van der Waals surface area contributed by atoms with Crippen molar-refractivity contribution >= 4 is 27.4 Å². The van der Waals surface area contributed by atoms with E-state index in [2.05, 4.69) is 21.1 Å². The number of anilines is 1. The van der Waals surface area contributed by atoms with Crippen LogP contribution >= 0.6 is 0 Å². The van der Waals surface area contributed by atoms with Crippen LogP contribution in [0, 0.1) is 24.0 Å². The molecule has 36 heavy (non-hydrogen) atoms. The molecule has 0 radical (unpaired) electrons. The van der Waals surface area contributed by atoms with Crippen molar-refractivity contribution in [1.82, 2.24) is 15.3 Å². The van der Waals surface area contributed by atoms with Crippen LogP contribution in [-0.4, -0.2) is 40.2 Å². The van der Waals surface area contributed by atoms with E-state index in [0.29, 0.717) is 33.6 Å². The van der Waals surface area contributed by atoms with Crippen LogP contribution in [0.15, 0.2) is 36.7 Å². The number of fused-ring (bicyclic) bond motifs is 4. The molecule has 7 heteroatoms. The number of phenols is 1. The van der Waals surface area contributed by atoms with E-state index in [1.54, 1.807) is 6.20 Å². The summed E-state index contributed by atoms with van der Waals surface area (Å²) in [4.78, 5) is 11.6. The van der Waals surface area contributed by atoms with Crippen molar-refractivity contribution in [3.63, 3.8) is 0 Å². The fourth-order valence-electron chi connectivity index (χ4n) is 6.07. The van der Waals surface area contributed by atoms with Crippen LogP contribution in [0.4, 0.5) is 14.6 Å². The first-order valence-electron chi connectivity index (χ1n) is 12.4. The fraction of sp³-hybridized carbons (Fsp3) is 0.310. The highest BCUT2D eigenvalue weighted by molar-refractivity contribution is 6.04. The molecule has 3 aliphatic rings. The molecule has 1 saturated carbocycles. The summed E-state index contributed by atoms with van der Waals surface area (Å²) in [5.74, 6) is 2.28. The van der Waals surface area contributed by atoms with Crippen molar-refractivity contribution in [1.29, 1.82) is 0 Å². The van der Waals surface area contributed by atoms with Gasteiger partial charge in [0.15, 0.2) is 5.82 Å². The monoisotopic (exact) mass is 482 g/mol. The van der Waals surface area contributed by atoms with Gasteiger partial charge in [0.05, 0.1) is 5.56 Å². The maximum Gasteiger partial charge on any atom is 0.157 e. The third kappa shape index (κ3) is 3.25. The number of aromatic hydroxyl groups is 1. The van der Waals surface area contributed by atoms with E-state index in [1.807, 2.05) is 6.20 Å². The van der Waals surface area contributed by atoms with E-state index in [9.17, 15) is 9.50 Å². The zero-order valence-corrected chi connectivity index (χ0v) is 19.6. The van der Waals surface area contributed by atoms with Crippen LogP contribution in [0.25, 0.3) is 32.8 Å². The average molecular weight is 483 g/mol. The normalized spacial score (nSPS) is 21.3. The number of phenolic OH excluding ortho intramolecular Hbond substituents is 1. The number of piperazine rings is 1. The Balaban J connectivity index is 1.48. The zero-order valence-electron chi connectivity index (χ0n) is 19.6. The van der Waals surface area contributed by atoms with Crippen LogP contribution < -0.4 is 10.2 Å². The highest BCUT2D eigenvalue weighted by Gasteiger charge is 2.35. The van der Waals surface area contributed by atoms with Gasteiger partial charge in [0.1, 0.15) is 23.1 Å². The minimum Gasteiger partial charge on any atom is -0.508 e. The average Bonchev–Trinajstić information content (AvgIpc) is 3.67. The summed E-state index contributed by atoms with van der Waals surface area (Å²) in [7, 11) is 0. The fourth-order valence-corrected chi connectivity index (χ4v) is 6.07. The van der Waals surface area contributed by atoms with Gasteiger partial charge in [0.2, 0.25) is 0 Å². The summed E-state index contributed by atoms with van der Waals surface area (Å²) in [6.07, 6.45) is 13.4. The third-order valence-electron chi connectivity index (χ3n) is 7.86. The van der Waals surface area contributed by atoms with Crippen LogP contribution in [-0.2, 0) is 0 Å². The lowest BCUT2D eigenvalue weighted by atomic mass is 9.94. The second-order valence-electron chi connectivity index (χ2n) is 10.2. The van der Waals surface area contributed by atoms with Gasteiger partial charge in [-0.2, -0.15) is 0 Å². The molecule has 5 nitrogen and oxygen atoms in total. The Morgan fingerprint density at radius 2 is 1.78 bits per heavy atom. The number of terminal acetylenes is 1. The molecule has 2 unspecified atom stereocenters. The summed E-state index contributed by atoms with van der Waals surface area (Å²) in [5, 5.41) is 16.1. The Labute approximate surface area is 207 Å². The number of aromatic nitrogens is 2. The Hall–Kier alpha value is -3.76. The van der Waals surface area contributed by atoms with Gasteiger partial charge in [0.25, 0.3) is 0 Å². The lowest BCUT2D eigenvalue weighted by Crippen LogP contribution is -2.51. The number of benzene rings is 2. The van der Waals surface area contributed by atoms with Gasteiger partial charge in [-0.3, -0.25) is 4.98 Å². The van der Waals surface area contributed by atoms with Crippen molar-refractivity contribution in [2.75, 3.05) is 18.0 Å². The molecule has 2 atom stereocenters. The van der Waals surface area contributed by atoms with Crippen molar-refractivity contribution in [2.24, 2.45) is 0 Å². The summed E-state index contributed by atoms with van der Waals surface area (Å²) >= 11 is 0. The molecule has 2 aromatic heterocycles. The molecule has 2 aliphatic heterocycles. The molecule has 180 valence electrons. The number of halogens is 2. The Morgan fingerprint density at radius 3 is 2.50 bits per heavy atom. The summed E-state index contributed by atoms with van der Waals surface area (Å²) < 4.78 is 31.2. The third-order valence-corrected chi connectivity index (χ3v) is 7.86. The molecular weight excluding hydrogens is 458 g/mol. The molecule has 2 bridgehead atoms. The molecule has 0 amide bonds. The number of rotatable bonds is 3. The number of nitrogens with one attached hydrogen (secondary N) is 1. The largest absolute Gasteiger partial charge is 0.508 e. The zero-order chi connectivity index (χ0) is 24.6. The molecule has 2 aromatic carbocycles. The smallest absolute Gasteiger partial charge is 0.157 e. The van der Waals surface area contributed by atoms with Crippen molar-refractivity contribution in [2.45, 2.75) is 43.7 Å². The quantitative estimate of drug-likeness (QED) is 0.392. The molecular formula is C29H24F2N4O. The first-order chi connectivity index (χ1) is 17.5. The van der Waals surface area contributed by atoms with Gasteiger partial charge in [-0.15, -0.1) is 6.42 Å². The van der Waals surface area contributed by atoms with E-state index in [1.165, 1.54) is 24.3 Å². The van der Waals surface area contributed by atoms with Crippen LogP contribution in [0.3, 0.4) is 0 Å². The first-order valence-corrected chi connectivity index (χ1v) is 12.4. The molecule has 4 heterocycles. The van der Waals surface area contributed by atoms with Crippen molar-refractivity contribution < 1.29 is 13.9 Å². The van der Waals surface area contributed by atoms with Gasteiger partial charge in [-0.1, -0.05) is 12.0 Å². The van der Waals surface area contributed by atoms with E-state index in [-0.39, 0.29) is 28.5 Å². The molecule has 2 N–H and O–H groups in total. The summed E-state index contributed by atoms with van der Waals surface area (Å²) in [6.45, 7) is 1.65. The van der Waals surface area contributed by atoms with E-state index < -0.39 is 11.6 Å². The van der Waals surface area contributed by atoms with Gasteiger partial charge < -0.3 is 15.3 Å². The lowest BCUT2D eigenvalue weighted by molar-refractivity contribution is 0.464. The van der Waals surface area contributed by atoms with Crippen LogP contribution in [0.1, 0.15) is 42.7 Å². The van der Waals surface area contributed by atoms with Gasteiger partial charge in [-0.25, -0.2) is 13.8 Å². The van der Waals surface area contributed by atoms with E-state index in [4.69, 9.17) is 11.4 Å². The predicted molar refractivity (Wildman–Crippen MR) is 136 cm³/mol. The lowest BCUT2D eigenvalue weighted by Gasteiger charge is -2.34.